The molecule has 5 atom stereocenters. The number of aliphatic hydroxyl groups excluding tert-OH is 4. The molecular formula is C9H16O6. The second-order valence-corrected chi connectivity index (χ2v) is 3.52. The Morgan fingerprint density at radius 1 is 1.27 bits per heavy atom. The topological polar surface area (TPSA) is 99.4 Å². The maximum atomic E-state index is 9.49. The van der Waals surface area contributed by atoms with Crippen molar-refractivity contribution in [3.05, 3.63) is 12.3 Å². The fraction of sp³-hybridized carbons (Fsp3) is 0.778. The minimum absolute atomic E-state index is 0.305. The van der Waals surface area contributed by atoms with Crippen molar-refractivity contribution in [2.24, 2.45) is 0 Å². The van der Waals surface area contributed by atoms with Crippen molar-refractivity contribution in [1.82, 2.24) is 0 Å². The van der Waals surface area contributed by atoms with Gasteiger partial charge in [0.1, 0.15) is 24.4 Å². The zero-order chi connectivity index (χ0) is 11.6. The van der Waals surface area contributed by atoms with Crippen molar-refractivity contribution >= 4 is 0 Å². The largest absolute Gasteiger partial charge is 0.467 e. The molecule has 6 nitrogen and oxygen atoms in total. The Kier molecular flexibility index (Phi) is 4.06. The molecule has 4 N–H and O–H groups in total. The van der Waals surface area contributed by atoms with E-state index in [1.54, 1.807) is 6.92 Å². The third-order valence-corrected chi connectivity index (χ3v) is 2.17. The molecule has 0 unspecified atom stereocenters. The van der Waals surface area contributed by atoms with Crippen LogP contribution in [0.3, 0.4) is 0 Å². The lowest BCUT2D eigenvalue weighted by atomic mass is 9.99. The van der Waals surface area contributed by atoms with Gasteiger partial charge in [0.05, 0.1) is 12.4 Å². The summed E-state index contributed by atoms with van der Waals surface area (Å²) in [5.41, 5.74) is 0. The van der Waals surface area contributed by atoms with E-state index in [1.165, 1.54) is 0 Å². The second kappa shape index (κ2) is 4.91. The Bertz CT molecular complexity index is 229. The minimum atomic E-state index is -1.42. The first-order valence-electron chi connectivity index (χ1n) is 4.60. The van der Waals surface area contributed by atoms with Gasteiger partial charge in [0, 0.05) is 0 Å². The predicted molar refractivity (Wildman–Crippen MR) is 49.7 cm³/mol. The van der Waals surface area contributed by atoms with Gasteiger partial charge in [0.25, 0.3) is 0 Å². The first kappa shape index (κ1) is 12.4. The normalized spacial score (nSPS) is 41.3. The maximum Gasteiger partial charge on any atom is 0.228 e. The Hall–Kier alpha value is -0.660. The van der Waals surface area contributed by atoms with Crippen LogP contribution in [0.15, 0.2) is 12.3 Å². The van der Waals surface area contributed by atoms with Crippen LogP contribution in [-0.4, -0.2) is 57.7 Å². The summed E-state index contributed by atoms with van der Waals surface area (Å²) in [4.78, 5) is 0. The third kappa shape index (κ3) is 2.67. The Balaban J connectivity index is 2.69. The van der Waals surface area contributed by atoms with E-state index in [9.17, 15) is 15.3 Å². The van der Waals surface area contributed by atoms with Gasteiger partial charge in [0.15, 0.2) is 0 Å². The van der Waals surface area contributed by atoms with Crippen molar-refractivity contribution in [2.45, 2.75) is 37.6 Å². The molecule has 15 heavy (non-hydrogen) atoms. The molecule has 0 saturated carbocycles. The van der Waals surface area contributed by atoms with Crippen LogP contribution in [0.2, 0.25) is 0 Å². The first-order chi connectivity index (χ1) is 6.97. The van der Waals surface area contributed by atoms with Crippen LogP contribution in [0.25, 0.3) is 0 Å². The van der Waals surface area contributed by atoms with Gasteiger partial charge in [-0.1, -0.05) is 6.58 Å². The number of hydrogen-bond donors (Lipinski definition) is 4. The summed E-state index contributed by atoms with van der Waals surface area (Å²) in [6, 6.07) is 0. The molecule has 0 aromatic rings. The molecule has 1 fully saturated rings. The maximum absolute atomic E-state index is 9.49. The zero-order valence-electron chi connectivity index (χ0n) is 8.41. The number of aliphatic hydroxyl groups is 4. The molecule has 1 aliphatic rings. The quantitative estimate of drug-likeness (QED) is 0.425. The zero-order valence-corrected chi connectivity index (χ0v) is 8.41. The molecule has 0 spiro atoms. The van der Waals surface area contributed by atoms with Gasteiger partial charge in [-0.25, -0.2) is 0 Å². The summed E-state index contributed by atoms with van der Waals surface area (Å²) < 4.78 is 10.1. The van der Waals surface area contributed by atoms with Gasteiger partial charge >= 0.3 is 0 Å². The molecule has 1 saturated heterocycles. The Morgan fingerprint density at radius 3 is 2.33 bits per heavy atom. The molecule has 0 aromatic carbocycles. The number of allylic oxidation sites excluding steroid dienone is 1. The van der Waals surface area contributed by atoms with Crippen molar-refractivity contribution < 1.29 is 29.9 Å². The smallest absolute Gasteiger partial charge is 0.228 e. The summed E-state index contributed by atoms with van der Waals surface area (Å²) in [7, 11) is 0. The third-order valence-electron chi connectivity index (χ3n) is 2.17. The van der Waals surface area contributed by atoms with Gasteiger partial charge in [-0.3, -0.25) is 0 Å². The van der Waals surface area contributed by atoms with Gasteiger partial charge in [0.2, 0.25) is 6.29 Å². The molecule has 6 heteroatoms. The van der Waals surface area contributed by atoms with Crippen LogP contribution < -0.4 is 0 Å². The monoisotopic (exact) mass is 220 g/mol. The lowest BCUT2D eigenvalue weighted by Gasteiger charge is -2.39. The van der Waals surface area contributed by atoms with Gasteiger partial charge in [-0.15, -0.1) is 0 Å². The van der Waals surface area contributed by atoms with Crippen LogP contribution in [-0.2, 0) is 9.47 Å². The average Bonchev–Trinajstić information content (AvgIpc) is 2.18. The average molecular weight is 220 g/mol. The summed E-state index contributed by atoms with van der Waals surface area (Å²) >= 11 is 0. The molecule has 0 bridgehead atoms. The molecule has 0 aromatic heterocycles. The Morgan fingerprint density at radius 2 is 1.87 bits per heavy atom. The molecule has 1 heterocycles. The first-order valence-corrected chi connectivity index (χ1v) is 4.60. The highest BCUT2D eigenvalue weighted by molar-refractivity contribution is 4.90. The highest BCUT2D eigenvalue weighted by atomic mass is 16.7. The molecule has 88 valence electrons. The highest BCUT2D eigenvalue weighted by Gasteiger charge is 2.44. The highest BCUT2D eigenvalue weighted by Crippen LogP contribution is 2.22. The summed E-state index contributed by atoms with van der Waals surface area (Å²) in [6.07, 6.45) is -6.24. The van der Waals surface area contributed by atoms with Crippen molar-refractivity contribution in [3.8, 4) is 0 Å². The number of hydrogen-bond acceptors (Lipinski definition) is 6. The molecule has 0 radical (unpaired) electrons. The van der Waals surface area contributed by atoms with Crippen LogP contribution in [0.5, 0.6) is 0 Å². The van der Waals surface area contributed by atoms with E-state index in [-0.39, 0.29) is 0 Å². The lowest BCUT2D eigenvalue weighted by molar-refractivity contribution is -0.291. The molecule has 0 aliphatic carbocycles. The van der Waals surface area contributed by atoms with Gasteiger partial charge in [-0.2, -0.15) is 0 Å². The van der Waals surface area contributed by atoms with E-state index in [0.717, 1.165) is 0 Å². The van der Waals surface area contributed by atoms with Crippen LogP contribution >= 0.6 is 0 Å². The summed E-state index contributed by atoms with van der Waals surface area (Å²) in [6.45, 7) is 4.54. The van der Waals surface area contributed by atoms with Gasteiger partial charge < -0.3 is 29.9 Å². The van der Waals surface area contributed by atoms with E-state index in [1.807, 2.05) is 0 Å². The fourth-order valence-electron chi connectivity index (χ4n) is 1.36. The minimum Gasteiger partial charge on any atom is -0.467 e. The molecular weight excluding hydrogens is 204 g/mol. The SMILES string of the molecule is C=C(C)O[C@@H]1O[C@H](CO)[C@@H](O)[C@H](O)[C@H]1O. The Labute approximate surface area is 87.4 Å². The van der Waals surface area contributed by atoms with Gasteiger partial charge in [-0.05, 0) is 6.92 Å². The van der Waals surface area contributed by atoms with Crippen LogP contribution in [0.4, 0.5) is 0 Å². The van der Waals surface area contributed by atoms with Crippen LogP contribution in [0.1, 0.15) is 6.92 Å². The van der Waals surface area contributed by atoms with E-state index < -0.39 is 37.3 Å². The number of ether oxygens (including phenoxy) is 2. The molecule has 1 rings (SSSR count). The molecule has 0 amide bonds. The van der Waals surface area contributed by atoms with Crippen molar-refractivity contribution in [3.63, 3.8) is 0 Å². The van der Waals surface area contributed by atoms with Crippen molar-refractivity contribution in [2.75, 3.05) is 6.61 Å². The summed E-state index contributed by atoms with van der Waals surface area (Å²) in [5.74, 6) is 0.305. The number of rotatable bonds is 3. The summed E-state index contributed by atoms with van der Waals surface area (Å²) in [5, 5.41) is 37.2. The second-order valence-electron chi connectivity index (χ2n) is 3.52. The fourth-order valence-corrected chi connectivity index (χ4v) is 1.36. The molecule has 1 aliphatic heterocycles. The van der Waals surface area contributed by atoms with Crippen LogP contribution in [0, 0.1) is 0 Å². The predicted octanol–water partition coefficient (Wildman–Crippen LogP) is -1.66. The standard InChI is InChI=1S/C9H16O6/c1-4(2)14-9-8(13)7(12)6(11)5(3-10)15-9/h5-13H,1,3H2,2H3/t5-,6-,7+,8-,9-/m1/s1. The van der Waals surface area contributed by atoms with E-state index in [4.69, 9.17) is 14.6 Å². The van der Waals surface area contributed by atoms with E-state index in [2.05, 4.69) is 6.58 Å². The lowest BCUT2D eigenvalue weighted by Crippen LogP contribution is -2.59. The van der Waals surface area contributed by atoms with E-state index >= 15 is 0 Å². The van der Waals surface area contributed by atoms with E-state index in [0.29, 0.717) is 5.76 Å². The van der Waals surface area contributed by atoms with Crippen molar-refractivity contribution in [1.29, 1.82) is 0 Å².